The first-order valence-corrected chi connectivity index (χ1v) is 11.4. The maximum absolute atomic E-state index is 13.5. The molecule has 6 nitrogen and oxygen atoms in total. The Kier molecular flexibility index (Phi) is 5.79. The van der Waals surface area contributed by atoms with E-state index in [-0.39, 0.29) is 30.8 Å². The van der Waals surface area contributed by atoms with E-state index in [1.165, 1.54) is 4.90 Å². The third kappa shape index (κ3) is 4.04. The average Bonchev–Trinajstić information content (AvgIpc) is 2.89. The summed E-state index contributed by atoms with van der Waals surface area (Å²) in [5.74, 6) is -0.241. The normalized spacial score (nSPS) is 12.7. The first-order valence-electron chi connectivity index (χ1n) is 11.4. The smallest absolute Gasteiger partial charge is 0.261 e. The Bertz CT molecular complexity index is 1410. The third-order valence-electron chi connectivity index (χ3n) is 6.30. The van der Waals surface area contributed by atoms with Gasteiger partial charge in [-0.1, -0.05) is 42.0 Å². The standard InChI is InChI=1S/C29H24N2O4/c1-19-6-3-9-21(18-19)27(32)30(22-12-14-23(35-2)15-13-22)16-17-31-28(33)24-10-4-7-20-8-5-11-25(26(20)24)29(31)34/h3-15,18H,16-17H2,1-2H3. The molecule has 0 spiro atoms. The van der Waals surface area contributed by atoms with Crippen molar-refractivity contribution in [1.82, 2.24) is 4.90 Å². The summed E-state index contributed by atoms with van der Waals surface area (Å²) < 4.78 is 5.25. The zero-order valence-corrected chi connectivity index (χ0v) is 19.5. The fraction of sp³-hybridized carbons (Fsp3) is 0.138. The summed E-state index contributed by atoms with van der Waals surface area (Å²) in [5, 5.41) is 1.54. The predicted octanol–water partition coefficient (Wildman–Crippen LogP) is 5.10. The molecule has 1 aliphatic rings. The number of carbonyl (C=O) groups is 3. The summed E-state index contributed by atoms with van der Waals surface area (Å²) in [7, 11) is 1.58. The first-order chi connectivity index (χ1) is 17.0. The van der Waals surface area contributed by atoms with Crippen LogP contribution in [0.3, 0.4) is 0 Å². The summed E-state index contributed by atoms with van der Waals surface area (Å²) in [6.07, 6.45) is 0. The molecule has 0 unspecified atom stereocenters. The lowest BCUT2D eigenvalue weighted by molar-refractivity contribution is 0.0611. The topological polar surface area (TPSA) is 66.9 Å². The fourth-order valence-electron chi connectivity index (χ4n) is 4.53. The molecule has 4 aromatic rings. The molecule has 0 aromatic heterocycles. The number of amides is 3. The van der Waals surface area contributed by atoms with Crippen LogP contribution in [0.5, 0.6) is 5.75 Å². The molecule has 4 aromatic carbocycles. The molecule has 0 bridgehead atoms. The van der Waals surface area contributed by atoms with Gasteiger partial charge in [0.1, 0.15) is 5.75 Å². The molecule has 174 valence electrons. The SMILES string of the molecule is COc1ccc(N(CCN2C(=O)c3cccc4cccc(c34)C2=O)C(=O)c2cccc(C)c2)cc1. The minimum Gasteiger partial charge on any atom is -0.497 e. The zero-order chi connectivity index (χ0) is 24.5. The summed E-state index contributed by atoms with van der Waals surface area (Å²) in [6.45, 7) is 2.14. The first kappa shape index (κ1) is 22.3. The Morgan fingerprint density at radius 2 is 1.49 bits per heavy atom. The van der Waals surface area contributed by atoms with Gasteiger partial charge in [0, 0.05) is 40.9 Å². The van der Waals surface area contributed by atoms with Crippen molar-refractivity contribution in [2.24, 2.45) is 0 Å². The number of imide groups is 1. The molecule has 35 heavy (non-hydrogen) atoms. The lowest BCUT2D eigenvalue weighted by Gasteiger charge is -2.30. The number of hydrogen-bond acceptors (Lipinski definition) is 4. The molecule has 0 saturated heterocycles. The zero-order valence-electron chi connectivity index (χ0n) is 19.5. The Hall–Kier alpha value is -4.45. The highest BCUT2D eigenvalue weighted by atomic mass is 16.5. The van der Waals surface area contributed by atoms with Gasteiger partial charge in [0.2, 0.25) is 0 Å². The maximum Gasteiger partial charge on any atom is 0.261 e. The Morgan fingerprint density at radius 1 is 0.857 bits per heavy atom. The molecule has 0 aliphatic carbocycles. The van der Waals surface area contributed by atoms with E-state index in [0.717, 1.165) is 10.9 Å². The lowest BCUT2D eigenvalue weighted by Crippen LogP contribution is -2.46. The fourth-order valence-corrected chi connectivity index (χ4v) is 4.53. The quantitative estimate of drug-likeness (QED) is 0.373. The van der Waals surface area contributed by atoms with Crippen LogP contribution in [0.1, 0.15) is 36.6 Å². The van der Waals surface area contributed by atoms with E-state index < -0.39 is 0 Å². The number of nitrogens with zero attached hydrogens (tertiary/aromatic N) is 2. The molecular formula is C29H24N2O4. The molecule has 0 fully saturated rings. The van der Waals surface area contributed by atoms with Gasteiger partial charge < -0.3 is 9.64 Å². The molecule has 1 aliphatic heterocycles. The van der Waals surface area contributed by atoms with E-state index in [2.05, 4.69) is 0 Å². The largest absolute Gasteiger partial charge is 0.497 e. The van der Waals surface area contributed by atoms with Crippen LogP contribution in [-0.4, -0.2) is 42.8 Å². The third-order valence-corrected chi connectivity index (χ3v) is 6.30. The van der Waals surface area contributed by atoms with Gasteiger partial charge in [-0.05, 0) is 60.8 Å². The van der Waals surface area contributed by atoms with E-state index in [1.54, 1.807) is 54.5 Å². The van der Waals surface area contributed by atoms with Crippen LogP contribution in [0.4, 0.5) is 5.69 Å². The van der Waals surface area contributed by atoms with Crippen LogP contribution < -0.4 is 9.64 Å². The van der Waals surface area contributed by atoms with Gasteiger partial charge in [-0.2, -0.15) is 0 Å². The van der Waals surface area contributed by atoms with Crippen LogP contribution in [0.25, 0.3) is 10.8 Å². The Balaban J connectivity index is 1.47. The molecule has 0 N–H and O–H groups in total. The second kappa shape index (κ2) is 9.06. The molecule has 0 atom stereocenters. The number of ether oxygens (including phenoxy) is 1. The highest BCUT2D eigenvalue weighted by molar-refractivity contribution is 6.25. The molecule has 0 saturated carbocycles. The van der Waals surface area contributed by atoms with Gasteiger partial charge in [-0.3, -0.25) is 19.3 Å². The molecule has 1 heterocycles. The van der Waals surface area contributed by atoms with Gasteiger partial charge in [0.05, 0.1) is 7.11 Å². The van der Waals surface area contributed by atoms with E-state index in [1.807, 2.05) is 49.4 Å². The van der Waals surface area contributed by atoms with Gasteiger partial charge in [0.25, 0.3) is 17.7 Å². The van der Waals surface area contributed by atoms with Crippen molar-refractivity contribution in [2.45, 2.75) is 6.92 Å². The van der Waals surface area contributed by atoms with Crippen molar-refractivity contribution in [1.29, 1.82) is 0 Å². The van der Waals surface area contributed by atoms with E-state index in [9.17, 15) is 14.4 Å². The molecule has 6 heteroatoms. The number of methoxy groups -OCH3 is 1. The van der Waals surface area contributed by atoms with Crippen molar-refractivity contribution in [3.05, 3.63) is 107 Å². The predicted molar refractivity (Wildman–Crippen MR) is 135 cm³/mol. The Labute approximate surface area is 203 Å². The number of hydrogen-bond donors (Lipinski definition) is 0. The van der Waals surface area contributed by atoms with Crippen molar-refractivity contribution in [3.63, 3.8) is 0 Å². The minimum atomic E-state index is -0.350. The van der Waals surface area contributed by atoms with E-state index in [0.29, 0.717) is 33.5 Å². The summed E-state index contributed by atoms with van der Waals surface area (Å²) in [5.41, 5.74) is 3.15. The van der Waals surface area contributed by atoms with E-state index in [4.69, 9.17) is 4.74 Å². The second-order valence-corrected chi connectivity index (χ2v) is 8.50. The highest BCUT2D eigenvalue weighted by Gasteiger charge is 2.33. The number of rotatable bonds is 6. The number of anilines is 1. The highest BCUT2D eigenvalue weighted by Crippen LogP contribution is 2.30. The van der Waals surface area contributed by atoms with Crippen LogP contribution in [0, 0.1) is 6.92 Å². The van der Waals surface area contributed by atoms with Crippen molar-refractivity contribution >= 4 is 34.2 Å². The van der Waals surface area contributed by atoms with Gasteiger partial charge in [0.15, 0.2) is 0 Å². The lowest BCUT2D eigenvalue weighted by atomic mass is 9.94. The van der Waals surface area contributed by atoms with E-state index >= 15 is 0 Å². The maximum atomic E-state index is 13.5. The van der Waals surface area contributed by atoms with Crippen molar-refractivity contribution < 1.29 is 19.1 Å². The number of benzene rings is 4. The number of aryl methyl sites for hydroxylation is 1. The van der Waals surface area contributed by atoms with Gasteiger partial charge >= 0.3 is 0 Å². The van der Waals surface area contributed by atoms with Gasteiger partial charge in [-0.15, -0.1) is 0 Å². The van der Waals surface area contributed by atoms with Gasteiger partial charge in [-0.25, -0.2) is 0 Å². The van der Waals surface area contributed by atoms with Crippen molar-refractivity contribution in [2.75, 3.05) is 25.1 Å². The minimum absolute atomic E-state index is 0.0615. The molecular weight excluding hydrogens is 440 g/mol. The van der Waals surface area contributed by atoms with Crippen LogP contribution >= 0.6 is 0 Å². The average molecular weight is 465 g/mol. The van der Waals surface area contributed by atoms with Crippen molar-refractivity contribution in [3.8, 4) is 5.75 Å². The summed E-state index contributed by atoms with van der Waals surface area (Å²) >= 11 is 0. The molecule has 5 rings (SSSR count). The summed E-state index contributed by atoms with van der Waals surface area (Å²) in [4.78, 5) is 43.0. The second-order valence-electron chi connectivity index (χ2n) is 8.50. The van der Waals surface area contributed by atoms with Crippen LogP contribution in [0.2, 0.25) is 0 Å². The molecule has 3 amide bonds. The van der Waals surface area contributed by atoms with Crippen LogP contribution in [0.15, 0.2) is 84.9 Å². The molecule has 0 radical (unpaired) electrons. The monoisotopic (exact) mass is 464 g/mol. The van der Waals surface area contributed by atoms with Crippen LogP contribution in [-0.2, 0) is 0 Å². The Morgan fingerprint density at radius 3 is 2.09 bits per heavy atom. The number of carbonyl (C=O) groups excluding carboxylic acids is 3. The summed E-state index contributed by atoms with van der Waals surface area (Å²) in [6, 6.07) is 25.4.